The number of methoxy groups -OCH3 is 2. The Kier molecular flexibility index (Phi) is 7.11. The smallest absolute Gasteiger partial charge is 0.188 e. The number of nitrogens with one attached hydrogen (secondary N) is 1. The second-order valence-electron chi connectivity index (χ2n) is 7.27. The van der Waals surface area contributed by atoms with Gasteiger partial charge in [0.2, 0.25) is 0 Å². The summed E-state index contributed by atoms with van der Waals surface area (Å²) in [5.74, 6) is 1.93. The van der Waals surface area contributed by atoms with Crippen LogP contribution in [0.15, 0.2) is 47.5 Å². The standard InChI is InChI=1S/C22H31N3O2/c1-16-8-6-7-9-18(16)22(2,3)15-25-21(23)24-13-12-17-10-11-19(26-4)20(14-17)27-5/h6-11,14H,12-13,15H2,1-5H3,(H3,23,24,25). The van der Waals surface area contributed by atoms with E-state index in [9.17, 15) is 0 Å². The fourth-order valence-corrected chi connectivity index (χ4v) is 3.13. The molecule has 5 nitrogen and oxygen atoms in total. The average Bonchev–Trinajstić information content (AvgIpc) is 2.66. The molecule has 0 fully saturated rings. The van der Waals surface area contributed by atoms with E-state index in [0.29, 0.717) is 19.0 Å². The number of hydrogen-bond acceptors (Lipinski definition) is 3. The molecule has 2 rings (SSSR count). The van der Waals surface area contributed by atoms with Crippen LogP contribution in [0.1, 0.15) is 30.5 Å². The molecule has 0 saturated carbocycles. The Balaban J connectivity index is 1.90. The number of benzene rings is 2. The van der Waals surface area contributed by atoms with Crippen molar-refractivity contribution in [3.63, 3.8) is 0 Å². The highest BCUT2D eigenvalue weighted by atomic mass is 16.5. The first-order chi connectivity index (χ1) is 12.9. The minimum absolute atomic E-state index is 0.0685. The van der Waals surface area contributed by atoms with Crippen LogP contribution in [0.3, 0.4) is 0 Å². The van der Waals surface area contributed by atoms with Gasteiger partial charge in [-0.05, 0) is 42.2 Å². The summed E-state index contributed by atoms with van der Waals surface area (Å²) in [5.41, 5.74) is 9.71. The number of rotatable bonds is 8. The molecule has 5 heteroatoms. The Bertz CT molecular complexity index is 785. The van der Waals surface area contributed by atoms with E-state index in [2.05, 4.69) is 55.3 Å². The molecule has 0 amide bonds. The summed E-state index contributed by atoms with van der Waals surface area (Å²) < 4.78 is 10.6. The normalized spacial score (nSPS) is 12.0. The van der Waals surface area contributed by atoms with Gasteiger partial charge >= 0.3 is 0 Å². The van der Waals surface area contributed by atoms with E-state index < -0.39 is 0 Å². The van der Waals surface area contributed by atoms with Crippen molar-refractivity contribution in [3.8, 4) is 11.5 Å². The molecule has 0 aliphatic carbocycles. The van der Waals surface area contributed by atoms with Crippen molar-refractivity contribution in [3.05, 3.63) is 59.2 Å². The fraction of sp³-hybridized carbons (Fsp3) is 0.409. The van der Waals surface area contributed by atoms with E-state index in [1.165, 1.54) is 11.1 Å². The minimum atomic E-state index is -0.0685. The van der Waals surface area contributed by atoms with Crippen LogP contribution in [0.2, 0.25) is 0 Å². The monoisotopic (exact) mass is 369 g/mol. The van der Waals surface area contributed by atoms with Crippen LogP contribution in [0.25, 0.3) is 0 Å². The van der Waals surface area contributed by atoms with Gasteiger partial charge in [-0.2, -0.15) is 0 Å². The maximum absolute atomic E-state index is 6.06. The molecule has 0 spiro atoms. The van der Waals surface area contributed by atoms with E-state index in [0.717, 1.165) is 23.5 Å². The first kappa shape index (κ1) is 20.6. The van der Waals surface area contributed by atoms with Gasteiger partial charge < -0.3 is 20.5 Å². The van der Waals surface area contributed by atoms with E-state index >= 15 is 0 Å². The van der Waals surface area contributed by atoms with Crippen LogP contribution >= 0.6 is 0 Å². The fourth-order valence-electron chi connectivity index (χ4n) is 3.13. The Hall–Kier alpha value is -2.69. The molecule has 0 bridgehead atoms. The third-order valence-electron chi connectivity index (χ3n) is 4.69. The van der Waals surface area contributed by atoms with Crippen LogP contribution in [0.5, 0.6) is 11.5 Å². The topological polar surface area (TPSA) is 68.9 Å². The zero-order chi connectivity index (χ0) is 19.9. The van der Waals surface area contributed by atoms with Crippen molar-refractivity contribution in [2.45, 2.75) is 32.6 Å². The van der Waals surface area contributed by atoms with E-state index in [4.69, 9.17) is 15.2 Å². The van der Waals surface area contributed by atoms with Crippen LogP contribution in [0.4, 0.5) is 0 Å². The second-order valence-corrected chi connectivity index (χ2v) is 7.27. The van der Waals surface area contributed by atoms with Crippen LogP contribution in [-0.4, -0.2) is 33.3 Å². The molecule has 2 aromatic carbocycles. The molecule has 0 saturated heterocycles. The number of aryl methyl sites for hydroxylation is 1. The largest absolute Gasteiger partial charge is 0.493 e. The lowest BCUT2D eigenvalue weighted by Gasteiger charge is -2.25. The molecule has 0 aliphatic rings. The summed E-state index contributed by atoms with van der Waals surface area (Å²) in [6.45, 7) is 7.85. The van der Waals surface area contributed by atoms with Gasteiger partial charge in [-0.1, -0.05) is 44.2 Å². The lowest BCUT2D eigenvalue weighted by molar-refractivity contribution is 0.354. The van der Waals surface area contributed by atoms with Crippen molar-refractivity contribution in [2.24, 2.45) is 10.7 Å². The van der Waals surface area contributed by atoms with Gasteiger partial charge in [0.25, 0.3) is 0 Å². The number of ether oxygens (including phenoxy) is 2. The van der Waals surface area contributed by atoms with Gasteiger partial charge in [-0.25, -0.2) is 0 Å². The molecular formula is C22H31N3O2. The molecule has 0 unspecified atom stereocenters. The third kappa shape index (κ3) is 5.64. The molecule has 2 aromatic rings. The zero-order valence-electron chi connectivity index (χ0n) is 17.0. The molecule has 0 aromatic heterocycles. The van der Waals surface area contributed by atoms with Crippen molar-refractivity contribution >= 4 is 5.96 Å². The summed E-state index contributed by atoms with van der Waals surface area (Å²) >= 11 is 0. The summed E-state index contributed by atoms with van der Waals surface area (Å²) in [7, 11) is 3.27. The quantitative estimate of drug-likeness (QED) is 0.552. The number of guanidine groups is 1. The van der Waals surface area contributed by atoms with Crippen LogP contribution < -0.4 is 20.5 Å². The summed E-state index contributed by atoms with van der Waals surface area (Å²) in [4.78, 5) is 4.54. The number of hydrogen-bond donors (Lipinski definition) is 2. The van der Waals surface area contributed by atoms with Crippen LogP contribution in [0, 0.1) is 6.92 Å². The highest BCUT2D eigenvalue weighted by molar-refractivity contribution is 5.77. The zero-order valence-corrected chi connectivity index (χ0v) is 17.0. The van der Waals surface area contributed by atoms with Gasteiger partial charge in [0.1, 0.15) is 0 Å². The molecule has 146 valence electrons. The highest BCUT2D eigenvalue weighted by Crippen LogP contribution is 2.28. The van der Waals surface area contributed by atoms with Crippen molar-refractivity contribution in [1.82, 2.24) is 5.32 Å². The number of nitrogens with zero attached hydrogens (tertiary/aromatic N) is 1. The Morgan fingerprint density at radius 2 is 1.78 bits per heavy atom. The molecule has 27 heavy (non-hydrogen) atoms. The predicted octanol–water partition coefficient (Wildman–Crippen LogP) is 3.44. The SMILES string of the molecule is COc1ccc(CCNC(N)=NCC(C)(C)c2ccccc2C)cc1OC. The van der Waals surface area contributed by atoms with Gasteiger partial charge in [-0.15, -0.1) is 0 Å². The molecule has 0 radical (unpaired) electrons. The lowest BCUT2D eigenvalue weighted by Crippen LogP contribution is -2.35. The van der Waals surface area contributed by atoms with Gasteiger partial charge in [0.15, 0.2) is 17.5 Å². The number of nitrogens with two attached hydrogens (primary N) is 1. The minimum Gasteiger partial charge on any atom is -0.493 e. The van der Waals surface area contributed by atoms with Crippen molar-refractivity contribution in [2.75, 3.05) is 27.3 Å². The molecule has 0 aliphatic heterocycles. The van der Waals surface area contributed by atoms with Crippen LogP contribution in [-0.2, 0) is 11.8 Å². The highest BCUT2D eigenvalue weighted by Gasteiger charge is 2.21. The molecule has 0 atom stereocenters. The van der Waals surface area contributed by atoms with Gasteiger partial charge in [0, 0.05) is 12.0 Å². The summed E-state index contributed by atoms with van der Waals surface area (Å²) in [6, 6.07) is 14.3. The Morgan fingerprint density at radius 1 is 1.07 bits per heavy atom. The van der Waals surface area contributed by atoms with E-state index in [-0.39, 0.29) is 5.41 Å². The molecule has 3 N–H and O–H groups in total. The molecule has 0 heterocycles. The second kappa shape index (κ2) is 9.31. The predicted molar refractivity (Wildman–Crippen MR) is 112 cm³/mol. The summed E-state index contributed by atoms with van der Waals surface area (Å²) in [6.07, 6.45) is 0.817. The first-order valence-corrected chi connectivity index (χ1v) is 9.18. The molecular weight excluding hydrogens is 338 g/mol. The maximum Gasteiger partial charge on any atom is 0.188 e. The third-order valence-corrected chi connectivity index (χ3v) is 4.69. The van der Waals surface area contributed by atoms with E-state index in [1.807, 2.05) is 18.2 Å². The van der Waals surface area contributed by atoms with E-state index in [1.54, 1.807) is 14.2 Å². The maximum atomic E-state index is 6.06. The average molecular weight is 370 g/mol. The Morgan fingerprint density at radius 3 is 2.44 bits per heavy atom. The van der Waals surface area contributed by atoms with Gasteiger partial charge in [0.05, 0.1) is 20.8 Å². The lowest BCUT2D eigenvalue weighted by atomic mass is 9.82. The first-order valence-electron chi connectivity index (χ1n) is 9.18. The number of aliphatic imine (C=N–C) groups is 1. The van der Waals surface area contributed by atoms with Crippen molar-refractivity contribution < 1.29 is 9.47 Å². The Labute approximate surface area is 162 Å². The van der Waals surface area contributed by atoms with Crippen molar-refractivity contribution in [1.29, 1.82) is 0 Å². The van der Waals surface area contributed by atoms with Gasteiger partial charge in [-0.3, -0.25) is 4.99 Å². The summed E-state index contributed by atoms with van der Waals surface area (Å²) in [5, 5.41) is 3.19.